The number of rotatable bonds is 5. The monoisotopic (exact) mass is 324 g/mol. The largest absolute Gasteiger partial charge is 0.495 e. The highest BCUT2D eigenvalue weighted by Gasteiger charge is 2.05. The quantitative estimate of drug-likeness (QED) is 0.828. The third-order valence-electron chi connectivity index (χ3n) is 2.83. The summed E-state index contributed by atoms with van der Waals surface area (Å²) in [5.41, 5.74) is 1.98. The van der Waals surface area contributed by atoms with Crippen LogP contribution in [0, 0.1) is 6.92 Å². The fourth-order valence-electron chi connectivity index (χ4n) is 1.83. The van der Waals surface area contributed by atoms with Gasteiger partial charge in [0.1, 0.15) is 5.75 Å². The number of nitrogens with zero attached hydrogens (tertiary/aromatic N) is 2. The zero-order valence-corrected chi connectivity index (χ0v) is 13.5. The Bertz CT molecular complexity index is 629. The number of methoxy groups -OCH3 is 1. The van der Waals surface area contributed by atoms with Gasteiger partial charge in [0.05, 0.1) is 30.6 Å². The average Bonchev–Trinajstić information content (AvgIpc) is 2.85. The molecule has 0 saturated heterocycles. The van der Waals surface area contributed by atoms with Crippen molar-refractivity contribution in [2.75, 3.05) is 19.0 Å². The van der Waals surface area contributed by atoms with E-state index in [0.29, 0.717) is 23.2 Å². The van der Waals surface area contributed by atoms with Crippen LogP contribution < -0.4 is 15.4 Å². The van der Waals surface area contributed by atoms with Gasteiger partial charge in [-0.3, -0.25) is 4.68 Å². The topological polar surface area (TPSA) is 51.1 Å². The SMILES string of the molecule is COc1ccc(C)cc1NC(=S)NCCn1cc(Cl)cn1. The Morgan fingerprint density at radius 2 is 2.29 bits per heavy atom. The second-order valence-electron chi connectivity index (χ2n) is 4.51. The van der Waals surface area contributed by atoms with Crippen molar-refractivity contribution >= 4 is 34.6 Å². The maximum atomic E-state index is 5.80. The predicted molar refractivity (Wildman–Crippen MR) is 89.2 cm³/mol. The Kier molecular flexibility index (Phi) is 5.41. The van der Waals surface area contributed by atoms with Crippen molar-refractivity contribution in [2.45, 2.75) is 13.5 Å². The van der Waals surface area contributed by atoms with Gasteiger partial charge in [0.2, 0.25) is 0 Å². The number of halogens is 1. The van der Waals surface area contributed by atoms with Gasteiger partial charge < -0.3 is 15.4 Å². The van der Waals surface area contributed by atoms with Gasteiger partial charge in [0, 0.05) is 12.7 Å². The molecule has 2 rings (SSSR count). The van der Waals surface area contributed by atoms with E-state index in [2.05, 4.69) is 15.7 Å². The summed E-state index contributed by atoms with van der Waals surface area (Å²) in [6.45, 7) is 3.35. The number of hydrogen-bond donors (Lipinski definition) is 2. The van der Waals surface area contributed by atoms with Crippen LogP contribution in [0.3, 0.4) is 0 Å². The van der Waals surface area contributed by atoms with Gasteiger partial charge in [0.25, 0.3) is 0 Å². The smallest absolute Gasteiger partial charge is 0.170 e. The maximum absolute atomic E-state index is 5.80. The molecule has 1 heterocycles. The number of aryl methyl sites for hydroxylation is 1. The van der Waals surface area contributed by atoms with E-state index >= 15 is 0 Å². The lowest BCUT2D eigenvalue weighted by atomic mass is 10.2. The first-order valence-corrected chi connectivity index (χ1v) is 7.24. The van der Waals surface area contributed by atoms with E-state index in [-0.39, 0.29) is 0 Å². The molecule has 7 heteroatoms. The Hall–Kier alpha value is -1.79. The number of hydrogen-bond acceptors (Lipinski definition) is 3. The highest BCUT2D eigenvalue weighted by molar-refractivity contribution is 7.80. The van der Waals surface area contributed by atoms with Gasteiger partial charge >= 0.3 is 0 Å². The maximum Gasteiger partial charge on any atom is 0.170 e. The highest BCUT2D eigenvalue weighted by atomic mass is 35.5. The number of aromatic nitrogens is 2. The molecular formula is C14H17ClN4OS. The molecule has 0 aliphatic rings. The number of anilines is 1. The molecule has 0 atom stereocenters. The van der Waals surface area contributed by atoms with Crippen LogP contribution in [0.1, 0.15) is 5.56 Å². The summed E-state index contributed by atoms with van der Waals surface area (Å²) >= 11 is 11.1. The van der Waals surface area contributed by atoms with Gasteiger partial charge in [0.15, 0.2) is 5.11 Å². The Labute approximate surface area is 134 Å². The van der Waals surface area contributed by atoms with E-state index in [1.165, 1.54) is 0 Å². The molecule has 5 nitrogen and oxygen atoms in total. The normalized spacial score (nSPS) is 10.2. The minimum Gasteiger partial charge on any atom is -0.495 e. The molecule has 0 unspecified atom stereocenters. The summed E-state index contributed by atoms with van der Waals surface area (Å²) in [5, 5.41) is 11.5. The molecule has 112 valence electrons. The Morgan fingerprint density at radius 1 is 1.48 bits per heavy atom. The lowest BCUT2D eigenvalue weighted by Gasteiger charge is -2.14. The summed E-state index contributed by atoms with van der Waals surface area (Å²) in [6, 6.07) is 5.88. The van der Waals surface area contributed by atoms with Crippen molar-refractivity contribution in [2.24, 2.45) is 0 Å². The highest BCUT2D eigenvalue weighted by Crippen LogP contribution is 2.24. The van der Waals surface area contributed by atoms with E-state index in [4.69, 9.17) is 28.6 Å². The van der Waals surface area contributed by atoms with Crippen LogP contribution in [0.5, 0.6) is 5.75 Å². The lowest BCUT2D eigenvalue weighted by molar-refractivity contribution is 0.417. The molecule has 0 spiro atoms. The number of benzene rings is 1. The van der Waals surface area contributed by atoms with Crippen molar-refractivity contribution in [3.63, 3.8) is 0 Å². The first-order valence-electron chi connectivity index (χ1n) is 6.46. The summed E-state index contributed by atoms with van der Waals surface area (Å²) in [4.78, 5) is 0. The summed E-state index contributed by atoms with van der Waals surface area (Å²) in [6.07, 6.45) is 3.37. The molecule has 1 aromatic heterocycles. The van der Waals surface area contributed by atoms with Gasteiger partial charge in [-0.15, -0.1) is 0 Å². The number of thiocarbonyl (C=S) groups is 1. The van der Waals surface area contributed by atoms with Crippen LogP contribution in [0.25, 0.3) is 0 Å². The van der Waals surface area contributed by atoms with Gasteiger partial charge in [-0.05, 0) is 36.8 Å². The molecule has 0 amide bonds. The number of ether oxygens (including phenoxy) is 1. The Morgan fingerprint density at radius 3 is 2.95 bits per heavy atom. The molecule has 0 aliphatic carbocycles. The van der Waals surface area contributed by atoms with Crippen molar-refractivity contribution in [3.8, 4) is 5.75 Å². The van der Waals surface area contributed by atoms with Crippen molar-refractivity contribution in [1.82, 2.24) is 15.1 Å². The van der Waals surface area contributed by atoms with Crippen LogP contribution >= 0.6 is 23.8 Å². The van der Waals surface area contributed by atoms with Crippen LogP contribution in [0.15, 0.2) is 30.6 Å². The van der Waals surface area contributed by atoms with E-state index < -0.39 is 0 Å². The van der Waals surface area contributed by atoms with Crippen LogP contribution in [-0.2, 0) is 6.54 Å². The minimum atomic E-state index is 0.539. The van der Waals surface area contributed by atoms with E-state index in [9.17, 15) is 0 Å². The predicted octanol–water partition coefficient (Wildman–Crippen LogP) is 2.84. The summed E-state index contributed by atoms with van der Waals surface area (Å²) in [5.74, 6) is 0.753. The second-order valence-corrected chi connectivity index (χ2v) is 5.35. The Balaban J connectivity index is 1.85. The number of nitrogens with one attached hydrogen (secondary N) is 2. The zero-order valence-electron chi connectivity index (χ0n) is 11.9. The van der Waals surface area contributed by atoms with Crippen LogP contribution in [-0.4, -0.2) is 28.5 Å². The molecular weight excluding hydrogens is 308 g/mol. The summed E-state index contributed by atoms with van der Waals surface area (Å²) < 4.78 is 7.05. The van der Waals surface area contributed by atoms with E-state index in [1.54, 1.807) is 24.2 Å². The molecule has 0 radical (unpaired) electrons. The lowest BCUT2D eigenvalue weighted by Crippen LogP contribution is -2.31. The van der Waals surface area contributed by atoms with Crippen molar-refractivity contribution in [3.05, 3.63) is 41.2 Å². The third-order valence-corrected chi connectivity index (χ3v) is 3.27. The molecule has 21 heavy (non-hydrogen) atoms. The molecule has 0 bridgehead atoms. The first kappa shape index (κ1) is 15.6. The minimum absolute atomic E-state index is 0.539. The molecule has 1 aromatic carbocycles. The van der Waals surface area contributed by atoms with Crippen LogP contribution in [0.2, 0.25) is 5.02 Å². The molecule has 0 saturated carbocycles. The standard InChI is InChI=1S/C14H17ClN4OS/c1-10-3-4-13(20-2)12(7-10)18-14(21)16-5-6-19-9-11(15)8-17-19/h3-4,7-9H,5-6H2,1-2H3,(H2,16,18,21). The average molecular weight is 325 g/mol. The van der Waals surface area contributed by atoms with Crippen molar-refractivity contribution < 1.29 is 4.74 Å². The molecule has 2 N–H and O–H groups in total. The van der Waals surface area contributed by atoms with Gasteiger partial charge in [-0.25, -0.2) is 0 Å². The molecule has 2 aromatic rings. The van der Waals surface area contributed by atoms with Gasteiger partial charge in [-0.2, -0.15) is 5.10 Å². The molecule has 0 aliphatic heterocycles. The second kappa shape index (κ2) is 7.28. The van der Waals surface area contributed by atoms with E-state index in [1.807, 2.05) is 25.1 Å². The zero-order chi connectivity index (χ0) is 15.2. The van der Waals surface area contributed by atoms with E-state index in [0.717, 1.165) is 17.0 Å². The van der Waals surface area contributed by atoms with Crippen LogP contribution in [0.4, 0.5) is 5.69 Å². The first-order chi connectivity index (χ1) is 10.1. The third kappa shape index (κ3) is 4.61. The van der Waals surface area contributed by atoms with Gasteiger partial charge in [-0.1, -0.05) is 17.7 Å². The summed E-state index contributed by atoms with van der Waals surface area (Å²) in [7, 11) is 1.63. The fourth-order valence-corrected chi connectivity index (χ4v) is 2.20. The van der Waals surface area contributed by atoms with Crippen molar-refractivity contribution in [1.29, 1.82) is 0 Å². The fraction of sp³-hybridized carbons (Fsp3) is 0.286. The molecule has 0 fully saturated rings.